The molecule has 6 heteroatoms. The fourth-order valence-corrected chi connectivity index (χ4v) is 3.88. The first kappa shape index (κ1) is 16.8. The lowest BCUT2D eigenvalue weighted by Crippen LogP contribution is -2.48. The number of hydrogen-bond donors (Lipinski definition) is 1. The summed E-state index contributed by atoms with van der Waals surface area (Å²) in [7, 11) is 0. The van der Waals surface area contributed by atoms with E-state index < -0.39 is 0 Å². The summed E-state index contributed by atoms with van der Waals surface area (Å²) in [4.78, 5) is 13.1. The van der Waals surface area contributed by atoms with E-state index in [1.165, 1.54) is 11.6 Å². The molecule has 0 bridgehead atoms. The molecule has 2 aromatic rings. The summed E-state index contributed by atoms with van der Waals surface area (Å²) in [6.45, 7) is 3.74. The van der Waals surface area contributed by atoms with Crippen LogP contribution in [-0.2, 0) is 6.54 Å². The minimum Gasteiger partial charge on any atom is -0.485 e. The van der Waals surface area contributed by atoms with Crippen LogP contribution in [0.15, 0.2) is 48.5 Å². The van der Waals surface area contributed by atoms with E-state index in [9.17, 15) is 10.1 Å². The van der Waals surface area contributed by atoms with Gasteiger partial charge in [-0.25, -0.2) is 0 Å². The Morgan fingerprint density at radius 2 is 1.88 bits per heavy atom. The third-order valence-corrected chi connectivity index (χ3v) is 5.41. The number of nitrogens with zero attached hydrogens (tertiary/aromatic N) is 2. The van der Waals surface area contributed by atoms with Crippen LogP contribution in [0.1, 0.15) is 24.8 Å². The van der Waals surface area contributed by atoms with Gasteiger partial charge in [0, 0.05) is 44.7 Å². The molecule has 2 heterocycles. The molecule has 1 fully saturated rings. The monoisotopic (exact) mass is 353 g/mol. The average Bonchev–Trinajstić information content (AvgIpc) is 2.83. The maximum atomic E-state index is 11.0. The largest absolute Gasteiger partial charge is 0.485 e. The zero-order valence-corrected chi connectivity index (χ0v) is 14.7. The topological polar surface area (TPSA) is 67.6 Å². The van der Waals surface area contributed by atoms with E-state index in [2.05, 4.69) is 34.5 Å². The number of non-ortho nitro benzene ring substituents is 1. The van der Waals surface area contributed by atoms with Crippen molar-refractivity contribution in [1.29, 1.82) is 0 Å². The van der Waals surface area contributed by atoms with E-state index in [-0.39, 0.29) is 16.2 Å². The number of nitro benzene ring substituents is 1. The number of nitrogens with one attached hydrogen (secondary N) is 1. The highest BCUT2D eigenvalue weighted by molar-refractivity contribution is 5.62. The molecule has 0 saturated carbocycles. The number of likely N-dealkylation sites (tertiary alicyclic amines) is 1. The maximum absolute atomic E-state index is 11.0. The van der Waals surface area contributed by atoms with Crippen LogP contribution in [0, 0.1) is 10.1 Å². The van der Waals surface area contributed by atoms with Crippen LogP contribution in [0.4, 0.5) is 11.4 Å². The van der Waals surface area contributed by atoms with Crippen molar-refractivity contribution in [2.24, 2.45) is 0 Å². The Kier molecular flexibility index (Phi) is 4.51. The van der Waals surface area contributed by atoms with Crippen LogP contribution >= 0.6 is 0 Å². The van der Waals surface area contributed by atoms with Crippen molar-refractivity contribution in [2.75, 3.05) is 25.0 Å². The molecule has 6 nitrogen and oxygen atoms in total. The summed E-state index contributed by atoms with van der Waals surface area (Å²) in [5, 5.41) is 14.3. The van der Waals surface area contributed by atoms with Crippen LogP contribution < -0.4 is 10.1 Å². The quantitative estimate of drug-likeness (QED) is 0.671. The lowest BCUT2D eigenvalue weighted by molar-refractivity contribution is -0.384. The van der Waals surface area contributed by atoms with E-state index >= 15 is 0 Å². The summed E-state index contributed by atoms with van der Waals surface area (Å²) in [5.41, 5.74) is 1.97. The second kappa shape index (κ2) is 6.96. The number of fused-ring (bicyclic) bond motifs is 1. The highest BCUT2D eigenvalue weighted by atomic mass is 16.6. The second-order valence-electron chi connectivity index (χ2n) is 7.16. The second-order valence-corrected chi connectivity index (χ2v) is 7.16. The zero-order valence-electron chi connectivity index (χ0n) is 14.7. The van der Waals surface area contributed by atoms with E-state index in [0.29, 0.717) is 0 Å². The molecule has 0 atom stereocenters. The first-order valence-corrected chi connectivity index (χ1v) is 9.11. The average molecular weight is 353 g/mol. The van der Waals surface area contributed by atoms with Gasteiger partial charge in [0.05, 0.1) is 10.6 Å². The number of ether oxygens (including phenoxy) is 1. The zero-order chi connectivity index (χ0) is 18.0. The van der Waals surface area contributed by atoms with Gasteiger partial charge < -0.3 is 10.1 Å². The molecule has 2 aromatic carbocycles. The van der Waals surface area contributed by atoms with Crippen molar-refractivity contribution in [1.82, 2.24) is 4.90 Å². The van der Waals surface area contributed by atoms with E-state index in [1.54, 1.807) is 12.1 Å². The summed E-state index contributed by atoms with van der Waals surface area (Å²) < 4.78 is 6.41. The summed E-state index contributed by atoms with van der Waals surface area (Å²) >= 11 is 0. The smallest absolute Gasteiger partial charge is 0.271 e. The van der Waals surface area contributed by atoms with Gasteiger partial charge in [0.1, 0.15) is 11.4 Å². The Bertz CT molecular complexity index is 786. The Hall–Kier alpha value is -2.60. The minimum atomic E-state index is -0.370. The van der Waals surface area contributed by atoms with Crippen molar-refractivity contribution in [3.05, 3.63) is 64.2 Å². The molecule has 0 aliphatic carbocycles. The van der Waals surface area contributed by atoms with Gasteiger partial charge in [0.15, 0.2) is 0 Å². The van der Waals surface area contributed by atoms with Gasteiger partial charge in [-0.1, -0.05) is 30.3 Å². The predicted molar refractivity (Wildman–Crippen MR) is 101 cm³/mol. The van der Waals surface area contributed by atoms with Crippen molar-refractivity contribution in [2.45, 2.75) is 31.4 Å². The van der Waals surface area contributed by atoms with Crippen molar-refractivity contribution >= 4 is 11.4 Å². The number of nitro groups is 1. The Balaban J connectivity index is 1.44. The Morgan fingerprint density at radius 1 is 1.12 bits per heavy atom. The Labute approximate surface area is 152 Å². The van der Waals surface area contributed by atoms with Crippen molar-refractivity contribution in [3.8, 4) is 5.75 Å². The normalized spacial score (nSPS) is 19.1. The molecule has 2 aliphatic heterocycles. The van der Waals surface area contributed by atoms with Gasteiger partial charge in [-0.2, -0.15) is 0 Å². The SMILES string of the molecule is O=[N+]([O-])c1ccc2c(c1)NCCC1(CCN(Cc3ccccc3)CC1)O2. The maximum Gasteiger partial charge on any atom is 0.271 e. The lowest BCUT2D eigenvalue weighted by atomic mass is 9.87. The number of benzene rings is 2. The van der Waals surface area contributed by atoms with Crippen LogP contribution in [0.3, 0.4) is 0 Å². The molecule has 0 aromatic heterocycles. The number of rotatable bonds is 3. The molecule has 0 radical (unpaired) electrons. The van der Waals surface area contributed by atoms with Crippen molar-refractivity contribution in [3.63, 3.8) is 0 Å². The summed E-state index contributed by atoms with van der Waals surface area (Å²) in [6, 6.07) is 15.4. The van der Waals surface area contributed by atoms with Crippen LogP contribution in [0.25, 0.3) is 0 Å². The molecule has 0 amide bonds. The van der Waals surface area contributed by atoms with Gasteiger partial charge in [-0.3, -0.25) is 15.0 Å². The van der Waals surface area contributed by atoms with Gasteiger partial charge in [-0.15, -0.1) is 0 Å². The first-order valence-electron chi connectivity index (χ1n) is 9.11. The molecule has 1 N–H and O–H groups in total. The molecule has 0 unspecified atom stereocenters. The molecular weight excluding hydrogens is 330 g/mol. The fraction of sp³-hybridized carbons (Fsp3) is 0.400. The first-order chi connectivity index (χ1) is 12.6. The van der Waals surface area contributed by atoms with E-state index in [0.717, 1.165) is 56.9 Å². The van der Waals surface area contributed by atoms with Gasteiger partial charge >= 0.3 is 0 Å². The number of hydrogen-bond acceptors (Lipinski definition) is 5. The van der Waals surface area contributed by atoms with E-state index in [4.69, 9.17) is 4.74 Å². The molecular formula is C20H23N3O3. The lowest BCUT2D eigenvalue weighted by Gasteiger charge is -2.41. The minimum absolute atomic E-state index is 0.0912. The van der Waals surface area contributed by atoms with Gasteiger partial charge in [-0.05, 0) is 24.5 Å². The molecule has 2 aliphatic rings. The standard InChI is InChI=1S/C20H23N3O3/c24-23(25)17-6-7-19-18(14-17)21-11-8-20(26-19)9-12-22(13-10-20)15-16-4-2-1-3-5-16/h1-7,14,21H,8-13,15H2. The highest BCUT2D eigenvalue weighted by Gasteiger charge is 2.38. The van der Waals surface area contributed by atoms with Crippen LogP contribution in [-0.4, -0.2) is 35.1 Å². The predicted octanol–water partition coefficient (Wildman–Crippen LogP) is 3.82. The van der Waals surface area contributed by atoms with Crippen LogP contribution in [0.5, 0.6) is 5.75 Å². The van der Waals surface area contributed by atoms with E-state index in [1.807, 2.05) is 6.07 Å². The molecule has 1 saturated heterocycles. The van der Waals surface area contributed by atoms with Gasteiger partial charge in [0.2, 0.25) is 0 Å². The van der Waals surface area contributed by atoms with Gasteiger partial charge in [0.25, 0.3) is 5.69 Å². The number of piperidine rings is 1. The summed E-state index contributed by atoms with van der Waals surface area (Å²) in [6.07, 6.45) is 2.85. The Morgan fingerprint density at radius 3 is 2.62 bits per heavy atom. The molecule has 4 rings (SSSR count). The fourth-order valence-electron chi connectivity index (χ4n) is 3.88. The van der Waals surface area contributed by atoms with Crippen molar-refractivity contribution < 1.29 is 9.66 Å². The molecule has 26 heavy (non-hydrogen) atoms. The third-order valence-electron chi connectivity index (χ3n) is 5.41. The molecule has 1 spiro atoms. The molecule has 136 valence electrons. The third kappa shape index (κ3) is 3.51. The summed E-state index contributed by atoms with van der Waals surface area (Å²) in [5.74, 6) is 0.726. The van der Waals surface area contributed by atoms with Crippen LogP contribution in [0.2, 0.25) is 0 Å². The number of anilines is 1. The highest BCUT2D eigenvalue weighted by Crippen LogP contribution is 2.39.